The zero-order valence-corrected chi connectivity index (χ0v) is 15.8. The lowest BCUT2D eigenvalue weighted by atomic mass is 10.1. The quantitative estimate of drug-likeness (QED) is 0.665. The Morgan fingerprint density at radius 2 is 1.93 bits per heavy atom. The number of fused-ring (bicyclic) bond motifs is 1. The minimum Gasteiger partial charge on any atom is -0.495 e. The molecule has 140 valence electrons. The van der Waals surface area contributed by atoms with Crippen LogP contribution in [-0.2, 0) is 4.79 Å². The molecule has 0 spiro atoms. The SMILES string of the molecule is COc1ccccc1NC(=O)C(C)Oc1cc2oc(=O)cc(C)c2cc1Cl. The highest BCUT2D eigenvalue weighted by Crippen LogP contribution is 2.32. The van der Waals surface area contributed by atoms with Gasteiger partial charge in [0.2, 0.25) is 0 Å². The molecule has 0 aliphatic heterocycles. The molecule has 2 aromatic carbocycles. The van der Waals surface area contributed by atoms with Crippen molar-refractivity contribution < 1.29 is 18.7 Å². The van der Waals surface area contributed by atoms with Crippen molar-refractivity contribution in [3.63, 3.8) is 0 Å². The summed E-state index contributed by atoms with van der Waals surface area (Å²) in [5, 5.41) is 3.77. The number of nitrogens with one attached hydrogen (secondary N) is 1. The molecule has 27 heavy (non-hydrogen) atoms. The minimum atomic E-state index is -0.846. The molecule has 6 nitrogen and oxygen atoms in total. The van der Waals surface area contributed by atoms with Crippen LogP contribution in [0.2, 0.25) is 5.02 Å². The highest BCUT2D eigenvalue weighted by atomic mass is 35.5. The van der Waals surface area contributed by atoms with Gasteiger partial charge in [0.05, 0.1) is 17.8 Å². The summed E-state index contributed by atoms with van der Waals surface area (Å²) in [6, 6.07) is 11.6. The predicted molar refractivity (Wildman–Crippen MR) is 104 cm³/mol. The molecule has 1 aromatic heterocycles. The summed E-state index contributed by atoms with van der Waals surface area (Å²) in [6.45, 7) is 3.39. The van der Waals surface area contributed by atoms with Gasteiger partial charge in [-0.2, -0.15) is 0 Å². The number of amides is 1. The highest BCUT2D eigenvalue weighted by molar-refractivity contribution is 6.32. The van der Waals surface area contributed by atoms with Gasteiger partial charge in [0.1, 0.15) is 17.1 Å². The summed E-state index contributed by atoms with van der Waals surface area (Å²) in [5.74, 6) is 0.418. The molecule has 7 heteroatoms. The summed E-state index contributed by atoms with van der Waals surface area (Å²) in [4.78, 5) is 24.0. The van der Waals surface area contributed by atoms with Crippen LogP contribution in [-0.4, -0.2) is 19.1 Å². The van der Waals surface area contributed by atoms with Crippen LogP contribution in [0.15, 0.2) is 51.7 Å². The lowest BCUT2D eigenvalue weighted by Gasteiger charge is -2.17. The van der Waals surface area contributed by atoms with E-state index in [0.29, 0.717) is 27.4 Å². The number of hydrogen-bond acceptors (Lipinski definition) is 5. The van der Waals surface area contributed by atoms with Gasteiger partial charge in [0, 0.05) is 17.5 Å². The van der Waals surface area contributed by atoms with Gasteiger partial charge in [-0.15, -0.1) is 0 Å². The number of anilines is 1. The first kappa shape index (κ1) is 18.8. The molecule has 0 fully saturated rings. The fraction of sp³-hybridized carbons (Fsp3) is 0.200. The number of ether oxygens (including phenoxy) is 2. The third-order valence-corrected chi connectivity index (χ3v) is 4.34. The van der Waals surface area contributed by atoms with Crippen molar-refractivity contribution in [1.82, 2.24) is 0 Å². The Kier molecular flexibility index (Phi) is 5.37. The molecule has 1 heterocycles. The molecule has 0 radical (unpaired) electrons. The van der Waals surface area contributed by atoms with Crippen LogP contribution in [0.3, 0.4) is 0 Å². The second kappa shape index (κ2) is 7.72. The molecule has 3 rings (SSSR count). The van der Waals surface area contributed by atoms with E-state index in [1.54, 1.807) is 44.2 Å². The summed E-state index contributed by atoms with van der Waals surface area (Å²) >= 11 is 6.28. The van der Waals surface area contributed by atoms with Crippen LogP contribution in [0.1, 0.15) is 12.5 Å². The molecular formula is C20H18ClNO5. The lowest BCUT2D eigenvalue weighted by Crippen LogP contribution is -2.30. The van der Waals surface area contributed by atoms with Gasteiger partial charge in [0.15, 0.2) is 6.10 Å². The van der Waals surface area contributed by atoms with Crippen molar-refractivity contribution >= 4 is 34.2 Å². The average Bonchev–Trinajstić information content (AvgIpc) is 2.63. The van der Waals surface area contributed by atoms with Crippen LogP contribution in [0.25, 0.3) is 11.0 Å². The van der Waals surface area contributed by atoms with Crippen molar-refractivity contribution in [3.05, 3.63) is 63.5 Å². The molecule has 0 bridgehead atoms. The normalized spacial score (nSPS) is 11.9. The first-order valence-electron chi connectivity index (χ1n) is 8.23. The third-order valence-electron chi connectivity index (χ3n) is 4.04. The molecule has 0 aliphatic rings. The first-order chi connectivity index (χ1) is 12.9. The van der Waals surface area contributed by atoms with Crippen molar-refractivity contribution in [1.29, 1.82) is 0 Å². The summed E-state index contributed by atoms with van der Waals surface area (Å²) < 4.78 is 16.1. The number of para-hydroxylation sites is 2. The van der Waals surface area contributed by atoms with Crippen molar-refractivity contribution in [2.45, 2.75) is 20.0 Å². The molecule has 1 atom stereocenters. The van der Waals surface area contributed by atoms with Crippen LogP contribution in [0, 0.1) is 6.92 Å². The number of aryl methyl sites for hydroxylation is 1. The Morgan fingerprint density at radius 3 is 2.67 bits per heavy atom. The van der Waals surface area contributed by atoms with Crippen molar-refractivity contribution in [2.24, 2.45) is 0 Å². The fourth-order valence-electron chi connectivity index (χ4n) is 2.64. The molecule has 0 saturated heterocycles. The maximum absolute atomic E-state index is 12.5. The van der Waals surface area contributed by atoms with Gasteiger partial charge < -0.3 is 19.2 Å². The van der Waals surface area contributed by atoms with E-state index in [2.05, 4.69) is 5.32 Å². The fourth-order valence-corrected chi connectivity index (χ4v) is 2.84. The summed E-state index contributed by atoms with van der Waals surface area (Å²) in [6.07, 6.45) is -0.846. The second-order valence-electron chi connectivity index (χ2n) is 5.98. The zero-order chi connectivity index (χ0) is 19.6. The standard InChI is InChI=1S/C20H18ClNO5/c1-11-8-19(23)27-17-10-18(14(21)9-13(11)17)26-12(2)20(24)22-15-6-4-5-7-16(15)25-3/h4-10,12H,1-3H3,(H,22,24). The monoisotopic (exact) mass is 387 g/mol. The molecule has 0 aliphatic carbocycles. The molecule has 3 aromatic rings. The molecule has 0 saturated carbocycles. The Hall–Kier alpha value is -2.99. The van der Waals surface area contributed by atoms with Gasteiger partial charge >= 0.3 is 5.63 Å². The Morgan fingerprint density at radius 1 is 1.19 bits per heavy atom. The number of halogens is 1. The van der Waals surface area contributed by atoms with E-state index in [1.807, 2.05) is 0 Å². The molecule has 1 amide bonds. The molecule has 1 unspecified atom stereocenters. The van der Waals surface area contributed by atoms with E-state index in [9.17, 15) is 9.59 Å². The average molecular weight is 388 g/mol. The number of carbonyl (C=O) groups is 1. The van der Waals surface area contributed by atoms with Crippen LogP contribution in [0.4, 0.5) is 5.69 Å². The largest absolute Gasteiger partial charge is 0.495 e. The van der Waals surface area contributed by atoms with Crippen LogP contribution < -0.4 is 20.4 Å². The summed E-state index contributed by atoms with van der Waals surface area (Å²) in [7, 11) is 1.52. The van der Waals surface area contributed by atoms with E-state index in [0.717, 1.165) is 5.56 Å². The van der Waals surface area contributed by atoms with Gasteiger partial charge in [-0.1, -0.05) is 23.7 Å². The molecular weight excluding hydrogens is 370 g/mol. The van der Waals surface area contributed by atoms with Crippen molar-refractivity contribution in [2.75, 3.05) is 12.4 Å². The van der Waals surface area contributed by atoms with E-state index in [1.165, 1.54) is 19.2 Å². The number of methoxy groups -OCH3 is 1. The number of carbonyl (C=O) groups excluding carboxylic acids is 1. The van der Waals surface area contributed by atoms with Gasteiger partial charge in [-0.3, -0.25) is 4.79 Å². The maximum Gasteiger partial charge on any atom is 0.336 e. The van der Waals surface area contributed by atoms with Crippen molar-refractivity contribution in [3.8, 4) is 11.5 Å². The smallest absolute Gasteiger partial charge is 0.336 e. The first-order valence-corrected chi connectivity index (χ1v) is 8.61. The van der Waals surface area contributed by atoms with Gasteiger partial charge in [0.25, 0.3) is 5.91 Å². The highest BCUT2D eigenvalue weighted by Gasteiger charge is 2.19. The predicted octanol–water partition coefficient (Wildman–Crippen LogP) is 4.17. The zero-order valence-electron chi connectivity index (χ0n) is 15.0. The molecule has 1 N–H and O–H groups in total. The second-order valence-corrected chi connectivity index (χ2v) is 6.38. The van der Waals surface area contributed by atoms with E-state index in [-0.39, 0.29) is 11.7 Å². The third kappa shape index (κ3) is 4.06. The van der Waals surface area contributed by atoms with Gasteiger partial charge in [-0.05, 0) is 37.6 Å². The Bertz CT molecular complexity index is 1060. The van der Waals surface area contributed by atoms with E-state index in [4.69, 9.17) is 25.5 Å². The number of rotatable bonds is 5. The summed E-state index contributed by atoms with van der Waals surface area (Å²) in [5.41, 5.74) is 1.16. The number of hydrogen-bond donors (Lipinski definition) is 1. The topological polar surface area (TPSA) is 77.8 Å². The Labute approximate surface area is 160 Å². The Balaban J connectivity index is 1.82. The van der Waals surface area contributed by atoms with E-state index < -0.39 is 11.7 Å². The van der Waals surface area contributed by atoms with E-state index >= 15 is 0 Å². The maximum atomic E-state index is 12.5. The number of benzene rings is 2. The van der Waals surface area contributed by atoms with Crippen LogP contribution in [0.5, 0.6) is 11.5 Å². The minimum absolute atomic E-state index is 0.251. The van der Waals surface area contributed by atoms with Gasteiger partial charge in [-0.25, -0.2) is 4.79 Å². The lowest BCUT2D eigenvalue weighted by molar-refractivity contribution is -0.122. The van der Waals surface area contributed by atoms with Crippen LogP contribution >= 0.6 is 11.6 Å².